The topological polar surface area (TPSA) is 44.7 Å². The van der Waals surface area contributed by atoms with Crippen LogP contribution in [0.4, 0.5) is 0 Å². The van der Waals surface area contributed by atoms with Gasteiger partial charge in [0.25, 0.3) is 0 Å². The van der Waals surface area contributed by atoms with Gasteiger partial charge in [-0.2, -0.15) is 0 Å². The van der Waals surface area contributed by atoms with E-state index in [0.29, 0.717) is 40.4 Å². The Morgan fingerprint density at radius 1 is 1.15 bits per heavy atom. The molecule has 1 amide bonds. The van der Waals surface area contributed by atoms with Crippen molar-refractivity contribution in [3.63, 3.8) is 0 Å². The summed E-state index contributed by atoms with van der Waals surface area (Å²) in [6.45, 7) is 6.89. The first-order valence-electron chi connectivity index (χ1n) is 11.9. The van der Waals surface area contributed by atoms with E-state index in [-0.39, 0.29) is 11.8 Å². The normalized spacial score (nSPS) is 30.2. The van der Waals surface area contributed by atoms with Crippen LogP contribution < -0.4 is 5.32 Å². The van der Waals surface area contributed by atoms with Crippen molar-refractivity contribution < 1.29 is 4.79 Å². The molecule has 6 heteroatoms. The van der Waals surface area contributed by atoms with Crippen LogP contribution in [0.15, 0.2) is 53.5 Å². The highest BCUT2D eigenvalue weighted by Crippen LogP contribution is 2.55. The minimum absolute atomic E-state index is 0.0465. The van der Waals surface area contributed by atoms with Crippen LogP contribution in [0.2, 0.25) is 10.0 Å². The van der Waals surface area contributed by atoms with Crippen LogP contribution >= 0.6 is 23.2 Å². The molecule has 3 aliphatic heterocycles. The summed E-state index contributed by atoms with van der Waals surface area (Å²) in [4.78, 5) is 21.4. The number of nitrogens with zero attached hydrogens (tertiary/aromatic N) is 2. The number of halogens is 2. The van der Waals surface area contributed by atoms with Gasteiger partial charge in [0.15, 0.2) is 0 Å². The van der Waals surface area contributed by atoms with Crippen molar-refractivity contribution in [3.8, 4) is 0 Å². The van der Waals surface area contributed by atoms with Gasteiger partial charge in [0.2, 0.25) is 5.91 Å². The smallest absolute Gasteiger partial charge is 0.248 e. The zero-order valence-electron chi connectivity index (χ0n) is 19.2. The molecule has 0 radical (unpaired) electrons. The molecular weight excluding hydrogens is 453 g/mol. The quantitative estimate of drug-likeness (QED) is 0.555. The maximum atomic E-state index is 13.8. The summed E-state index contributed by atoms with van der Waals surface area (Å²) in [5, 5.41) is 4.22. The first-order chi connectivity index (χ1) is 15.9. The number of carbonyl (C=O) groups excluding carboxylic acids is 1. The minimum atomic E-state index is -0.685. The van der Waals surface area contributed by atoms with E-state index < -0.39 is 5.54 Å². The van der Waals surface area contributed by atoms with Gasteiger partial charge >= 0.3 is 0 Å². The Morgan fingerprint density at radius 2 is 1.94 bits per heavy atom. The van der Waals surface area contributed by atoms with E-state index in [9.17, 15) is 4.79 Å². The molecular formula is C27H31Cl2N3O. The second-order valence-electron chi connectivity index (χ2n) is 10.3. The highest BCUT2D eigenvalue weighted by Gasteiger charge is 2.63. The first-order valence-corrected chi connectivity index (χ1v) is 12.7. The van der Waals surface area contributed by atoms with E-state index in [1.54, 1.807) is 6.07 Å². The van der Waals surface area contributed by atoms with Gasteiger partial charge in [0.05, 0.1) is 10.0 Å². The highest BCUT2D eigenvalue weighted by atomic mass is 35.5. The van der Waals surface area contributed by atoms with Crippen molar-refractivity contribution >= 4 is 35.3 Å². The summed E-state index contributed by atoms with van der Waals surface area (Å²) < 4.78 is 0. The standard InChI is InChI=1S/C27H31Cl2N3O/c1-17(2)10-22-25-21-14-31-27(22,26(33)30-13-19-8-9-23(28)24(29)11-19)12-20(21)16-32(25)15-18-6-4-3-5-7-18/h3-9,11,14,17,20-22,25H,10,12-13,15-16H2,1-2H3,(H,30,33)/t20-,21-,22+,25-,27+/m1/s1. The van der Waals surface area contributed by atoms with Gasteiger partial charge in [-0.25, -0.2) is 0 Å². The van der Waals surface area contributed by atoms with E-state index >= 15 is 0 Å². The lowest BCUT2D eigenvalue weighted by Crippen LogP contribution is -2.63. The van der Waals surface area contributed by atoms with Crippen LogP contribution in [0.3, 0.4) is 0 Å². The largest absolute Gasteiger partial charge is 0.350 e. The Bertz CT molecular complexity index is 1060. The van der Waals surface area contributed by atoms with E-state index in [1.807, 2.05) is 12.1 Å². The monoisotopic (exact) mass is 483 g/mol. The molecule has 1 saturated carbocycles. The lowest BCUT2D eigenvalue weighted by Gasteiger charge is -2.51. The minimum Gasteiger partial charge on any atom is -0.350 e. The molecule has 1 saturated heterocycles. The predicted molar refractivity (Wildman–Crippen MR) is 135 cm³/mol. The lowest BCUT2D eigenvalue weighted by molar-refractivity contribution is -0.132. The molecule has 1 aliphatic carbocycles. The Labute approximate surface area is 206 Å². The molecule has 2 aromatic rings. The van der Waals surface area contributed by atoms with Gasteiger partial charge in [0.1, 0.15) is 5.54 Å². The van der Waals surface area contributed by atoms with Gasteiger partial charge in [-0.05, 0) is 47.9 Å². The molecule has 4 aliphatic rings. The van der Waals surface area contributed by atoms with Crippen LogP contribution in [0.25, 0.3) is 0 Å². The van der Waals surface area contributed by atoms with Crippen LogP contribution in [-0.4, -0.2) is 35.1 Å². The van der Waals surface area contributed by atoms with Crippen molar-refractivity contribution in [2.45, 2.75) is 51.4 Å². The summed E-state index contributed by atoms with van der Waals surface area (Å²) in [6.07, 6.45) is 3.94. The van der Waals surface area contributed by atoms with Gasteiger partial charge in [-0.1, -0.05) is 73.4 Å². The van der Waals surface area contributed by atoms with E-state index in [4.69, 9.17) is 28.2 Å². The SMILES string of the molecule is CC(C)C[C@H]1[C@H]2[C@@H]3C=N[C@@]1(C(=O)NCc1ccc(Cl)c(Cl)c1)C[C@@H]3CN2Cc1ccccc1. The Balaban J connectivity index is 1.40. The number of hydrogen-bond donors (Lipinski definition) is 1. The highest BCUT2D eigenvalue weighted by molar-refractivity contribution is 6.42. The van der Waals surface area contributed by atoms with Gasteiger partial charge in [-0.3, -0.25) is 14.7 Å². The lowest BCUT2D eigenvalue weighted by atomic mass is 9.59. The van der Waals surface area contributed by atoms with Crippen LogP contribution in [-0.2, 0) is 17.9 Å². The fourth-order valence-electron chi connectivity index (χ4n) is 6.34. The molecule has 2 fully saturated rings. The van der Waals surface area contributed by atoms with Gasteiger partial charge < -0.3 is 5.32 Å². The summed E-state index contributed by atoms with van der Waals surface area (Å²) in [7, 11) is 0. The Hall–Kier alpha value is -1.88. The molecule has 5 atom stereocenters. The molecule has 0 spiro atoms. The third-order valence-electron chi connectivity index (χ3n) is 7.69. The number of aliphatic imine (C=N–C) groups is 1. The maximum Gasteiger partial charge on any atom is 0.248 e. The number of nitrogens with one attached hydrogen (secondary N) is 1. The molecule has 6 rings (SSSR count). The number of hydrogen-bond acceptors (Lipinski definition) is 3. The third-order valence-corrected chi connectivity index (χ3v) is 8.43. The molecule has 1 N–H and O–H groups in total. The number of likely N-dealkylation sites (tertiary alicyclic amines) is 1. The number of carbonyl (C=O) groups is 1. The van der Waals surface area contributed by atoms with E-state index in [1.165, 1.54) is 5.56 Å². The summed E-state index contributed by atoms with van der Waals surface area (Å²) in [6, 6.07) is 16.5. The van der Waals surface area contributed by atoms with Crippen molar-refractivity contribution in [2.75, 3.05) is 6.54 Å². The maximum absolute atomic E-state index is 13.8. The van der Waals surface area contributed by atoms with E-state index in [2.05, 4.69) is 60.6 Å². The molecule has 4 nitrogen and oxygen atoms in total. The average Bonchev–Trinajstić information content (AvgIpc) is 3.10. The molecule has 4 bridgehead atoms. The Morgan fingerprint density at radius 3 is 2.67 bits per heavy atom. The summed E-state index contributed by atoms with van der Waals surface area (Å²) in [5.41, 5.74) is 1.59. The number of benzene rings is 2. The molecule has 33 heavy (non-hydrogen) atoms. The van der Waals surface area contributed by atoms with Crippen molar-refractivity contribution in [1.29, 1.82) is 0 Å². The zero-order chi connectivity index (χ0) is 23.2. The second-order valence-corrected chi connectivity index (χ2v) is 11.1. The second kappa shape index (κ2) is 9.05. The molecule has 0 aromatic heterocycles. The summed E-state index contributed by atoms with van der Waals surface area (Å²) >= 11 is 12.2. The third kappa shape index (κ3) is 4.22. The fraction of sp³-hybridized carbons (Fsp3) is 0.481. The zero-order valence-corrected chi connectivity index (χ0v) is 20.7. The van der Waals surface area contributed by atoms with Gasteiger partial charge in [0, 0.05) is 43.7 Å². The van der Waals surface area contributed by atoms with Gasteiger partial charge in [-0.15, -0.1) is 0 Å². The Kier molecular flexibility index (Phi) is 6.28. The summed E-state index contributed by atoms with van der Waals surface area (Å²) in [5.74, 6) is 1.69. The number of rotatable bonds is 7. The average molecular weight is 484 g/mol. The molecule has 174 valence electrons. The first kappa shape index (κ1) is 22.9. The fourth-order valence-corrected chi connectivity index (χ4v) is 6.66. The van der Waals surface area contributed by atoms with Crippen molar-refractivity contribution in [1.82, 2.24) is 10.2 Å². The van der Waals surface area contributed by atoms with Crippen LogP contribution in [0.1, 0.15) is 37.8 Å². The predicted octanol–water partition coefficient (Wildman–Crippen LogP) is 5.62. The van der Waals surface area contributed by atoms with Crippen LogP contribution in [0, 0.1) is 23.7 Å². The van der Waals surface area contributed by atoms with Crippen molar-refractivity contribution in [3.05, 3.63) is 69.7 Å². The van der Waals surface area contributed by atoms with Crippen molar-refractivity contribution in [2.24, 2.45) is 28.7 Å². The van der Waals surface area contributed by atoms with E-state index in [0.717, 1.165) is 31.5 Å². The molecule has 0 unspecified atom stereocenters. The molecule has 2 aromatic carbocycles. The van der Waals surface area contributed by atoms with Crippen LogP contribution in [0.5, 0.6) is 0 Å². The molecule has 3 heterocycles. The number of amides is 1.